The molecular formula is C23H26N2O2S. The van der Waals surface area contributed by atoms with E-state index in [0.717, 1.165) is 34.2 Å². The third kappa shape index (κ3) is 3.37. The molecule has 1 amide bonds. The number of fused-ring (bicyclic) bond motifs is 1. The first-order valence-corrected chi connectivity index (χ1v) is 10.7. The normalized spacial score (nSPS) is 30.4. The molecule has 0 atom stereocenters. The number of rotatable bonds is 3. The number of carbonyl (C=O) groups excluding carboxylic acids is 1. The van der Waals surface area contributed by atoms with E-state index in [2.05, 4.69) is 10.6 Å². The Morgan fingerprint density at radius 1 is 1.07 bits per heavy atom. The molecule has 4 aliphatic rings. The molecular weight excluding hydrogens is 368 g/mol. The number of phenols is 1. The number of anilines is 1. The molecule has 0 radical (unpaired) electrons. The topological polar surface area (TPSA) is 61.4 Å². The number of nitrogens with one attached hydrogen (secondary N) is 2. The van der Waals surface area contributed by atoms with Gasteiger partial charge in [0.2, 0.25) is 5.91 Å². The summed E-state index contributed by atoms with van der Waals surface area (Å²) in [5.74, 6) is 2.80. The maximum atomic E-state index is 12.8. The summed E-state index contributed by atoms with van der Waals surface area (Å²) in [6, 6.07) is 11.0. The zero-order valence-corrected chi connectivity index (χ0v) is 16.7. The Morgan fingerprint density at radius 2 is 1.75 bits per heavy atom. The lowest BCUT2D eigenvalue weighted by Crippen LogP contribution is -2.48. The third-order valence-electron chi connectivity index (χ3n) is 7.07. The Morgan fingerprint density at radius 3 is 2.43 bits per heavy atom. The summed E-state index contributed by atoms with van der Waals surface area (Å²) in [6.45, 7) is 0. The van der Waals surface area contributed by atoms with Gasteiger partial charge in [-0.05, 0) is 104 Å². The number of benzene rings is 2. The minimum absolute atomic E-state index is 0.0392. The number of hydrogen-bond donors (Lipinski definition) is 3. The molecule has 6 rings (SSSR count). The Bertz CT molecular complexity index is 919. The van der Waals surface area contributed by atoms with Crippen LogP contribution in [0, 0.1) is 23.2 Å². The first-order valence-electron chi connectivity index (χ1n) is 10.3. The molecule has 4 nitrogen and oxygen atoms in total. The first-order chi connectivity index (χ1) is 13.5. The van der Waals surface area contributed by atoms with Gasteiger partial charge in [-0.25, -0.2) is 0 Å². The third-order valence-corrected chi connectivity index (χ3v) is 7.27. The van der Waals surface area contributed by atoms with Gasteiger partial charge in [-0.1, -0.05) is 12.1 Å². The van der Waals surface area contributed by atoms with Crippen molar-refractivity contribution in [3.8, 4) is 5.75 Å². The molecule has 0 unspecified atom stereocenters. The van der Waals surface area contributed by atoms with E-state index in [-0.39, 0.29) is 17.1 Å². The lowest BCUT2D eigenvalue weighted by molar-refractivity contribution is -0.127. The fraction of sp³-hybridized carbons (Fsp3) is 0.478. The molecule has 0 heterocycles. The molecule has 4 fully saturated rings. The summed E-state index contributed by atoms with van der Waals surface area (Å²) >= 11 is 5.42. The van der Waals surface area contributed by atoms with Crippen LogP contribution < -0.4 is 10.6 Å². The zero-order valence-electron chi connectivity index (χ0n) is 15.9. The highest BCUT2D eigenvalue weighted by Gasteiger charge is 2.51. The number of hydrogen-bond acceptors (Lipinski definition) is 3. The Hall–Kier alpha value is -2.14. The summed E-state index contributed by atoms with van der Waals surface area (Å²) in [5.41, 5.74) is 1.04. The van der Waals surface area contributed by atoms with Crippen LogP contribution in [0.2, 0.25) is 0 Å². The number of phenolic OH excluding ortho intramolecular Hbond substituents is 1. The van der Waals surface area contributed by atoms with Crippen molar-refractivity contribution in [1.82, 2.24) is 5.32 Å². The second kappa shape index (κ2) is 6.73. The molecule has 4 aliphatic carbocycles. The van der Waals surface area contributed by atoms with Crippen LogP contribution in [-0.4, -0.2) is 16.1 Å². The van der Waals surface area contributed by atoms with Gasteiger partial charge in [0, 0.05) is 17.5 Å². The van der Waals surface area contributed by atoms with Crippen LogP contribution in [-0.2, 0) is 4.79 Å². The van der Waals surface area contributed by atoms with Gasteiger partial charge in [-0.15, -0.1) is 0 Å². The highest BCUT2D eigenvalue weighted by molar-refractivity contribution is 7.80. The first kappa shape index (κ1) is 17.9. The van der Waals surface area contributed by atoms with Crippen molar-refractivity contribution < 1.29 is 9.90 Å². The molecule has 146 valence electrons. The monoisotopic (exact) mass is 394 g/mol. The number of aromatic hydroxyl groups is 1. The molecule has 3 N–H and O–H groups in total. The number of thiocarbonyl (C=S) groups is 1. The van der Waals surface area contributed by atoms with Crippen molar-refractivity contribution in [2.24, 2.45) is 23.2 Å². The SMILES string of the molecule is O=C(CC12CC3CC(CC(C3)C1)C2)NC(=S)Nc1cccc2cc(O)ccc12. The molecule has 0 aromatic heterocycles. The van der Waals surface area contributed by atoms with E-state index in [1.165, 1.54) is 38.5 Å². The fourth-order valence-corrected chi connectivity index (χ4v) is 6.78. The Balaban J connectivity index is 1.25. The van der Waals surface area contributed by atoms with E-state index in [1.807, 2.05) is 24.3 Å². The summed E-state index contributed by atoms with van der Waals surface area (Å²) in [4.78, 5) is 12.8. The van der Waals surface area contributed by atoms with E-state index in [9.17, 15) is 9.90 Å². The Kier molecular flexibility index (Phi) is 4.31. The molecule has 28 heavy (non-hydrogen) atoms. The van der Waals surface area contributed by atoms with Crippen LogP contribution in [0.5, 0.6) is 5.75 Å². The fourth-order valence-electron chi connectivity index (χ4n) is 6.55. The van der Waals surface area contributed by atoms with E-state index in [0.29, 0.717) is 11.5 Å². The van der Waals surface area contributed by atoms with Gasteiger partial charge >= 0.3 is 0 Å². The summed E-state index contributed by atoms with van der Waals surface area (Å²) in [5, 5.41) is 18.0. The van der Waals surface area contributed by atoms with Crippen molar-refractivity contribution in [3.63, 3.8) is 0 Å². The molecule has 2 aromatic rings. The largest absolute Gasteiger partial charge is 0.508 e. The lowest BCUT2D eigenvalue weighted by atomic mass is 9.49. The average molecular weight is 395 g/mol. The van der Waals surface area contributed by atoms with Gasteiger partial charge in [-0.2, -0.15) is 0 Å². The van der Waals surface area contributed by atoms with Gasteiger partial charge in [0.05, 0.1) is 0 Å². The van der Waals surface area contributed by atoms with Crippen molar-refractivity contribution in [2.75, 3.05) is 5.32 Å². The van der Waals surface area contributed by atoms with Crippen molar-refractivity contribution in [1.29, 1.82) is 0 Å². The minimum Gasteiger partial charge on any atom is -0.508 e. The maximum Gasteiger partial charge on any atom is 0.226 e. The van der Waals surface area contributed by atoms with Crippen LogP contribution in [0.4, 0.5) is 5.69 Å². The minimum atomic E-state index is 0.0392. The number of carbonyl (C=O) groups is 1. The predicted octanol–water partition coefficient (Wildman–Crippen LogP) is 4.96. The zero-order chi connectivity index (χ0) is 19.3. The van der Waals surface area contributed by atoms with E-state index in [1.54, 1.807) is 12.1 Å². The highest BCUT2D eigenvalue weighted by atomic mass is 32.1. The predicted molar refractivity (Wildman–Crippen MR) is 115 cm³/mol. The van der Waals surface area contributed by atoms with Gasteiger partial charge in [0.25, 0.3) is 0 Å². The van der Waals surface area contributed by atoms with Crippen LogP contribution in [0.1, 0.15) is 44.9 Å². The van der Waals surface area contributed by atoms with Crippen LogP contribution in [0.3, 0.4) is 0 Å². The van der Waals surface area contributed by atoms with E-state index in [4.69, 9.17) is 12.2 Å². The summed E-state index contributed by atoms with van der Waals surface area (Å²) < 4.78 is 0. The van der Waals surface area contributed by atoms with Crippen molar-refractivity contribution >= 4 is 39.7 Å². The molecule has 0 saturated heterocycles. The maximum absolute atomic E-state index is 12.8. The van der Waals surface area contributed by atoms with Gasteiger partial charge in [-0.3, -0.25) is 4.79 Å². The molecule has 4 saturated carbocycles. The molecule has 2 aromatic carbocycles. The standard InChI is InChI=1S/C23H26N2O2S/c26-18-4-5-19-17(9-18)2-1-3-20(19)24-22(28)25-21(27)13-23-10-14-6-15(11-23)8-16(7-14)12-23/h1-5,9,14-16,26H,6-8,10-13H2,(H2,24,25,27,28). The molecule has 4 bridgehead atoms. The molecule has 5 heteroatoms. The van der Waals surface area contributed by atoms with Gasteiger partial charge in [0.1, 0.15) is 5.75 Å². The van der Waals surface area contributed by atoms with Gasteiger partial charge < -0.3 is 15.7 Å². The molecule has 0 spiro atoms. The van der Waals surface area contributed by atoms with Crippen molar-refractivity contribution in [2.45, 2.75) is 44.9 Å². The summed E-state index contributed by atoms with van der Waals surface area (Å²) in [6.07, 6.45) is 8.42. The van der Waals surface area contributed by atoms with E-state index >= 15 is 0 Å². The smallest absolute Gasteiger partial charge is 0.226 e. The number of amides is 1. The Labute approximate surface area is 170 Å². The second-order valence-electron chi connectivity index (χ2n) is 9.31. The lowest BCUT2D eigenvalue weighted by Gasteiger charge is -2.56. The quantitative estimate of drug-likeness (QED) is 0.644. The van der Waals surface area contributed by atoms with Gasteiger partial charge in [0.15, 0.2) is 5.11 Å². The van der Waals surface area contributed by atoms with E-state index < -0.39 is 0 Å². The highest BCUT2D eigenvalue weighted by Crippen LogP contribution is 2.61. The van der Waals surface area contributed by atoms with Crippen LogP contribution >= 0.6 is 12.2 Å². The average Bonchev–Trinajstić information content (AvgIpc) is 2.59. The second-order valence-corrected chi connectivity index (χ2v) is 9.72. The molecule has 0 aliphatic heterocycles. The summed E-state index contributed by atoms with van der Waals surface area (Å²) in [7, 11) is 0. The van der Waals surface area contributed by atoms with Crippen LogP contribution in [0.15, 0.2) is 36.4 Å². The van der Waals surface area contributed by atoms with Crippen LogP contribution in [0.25, 0.3) is 10.8 Å². The van der Waals surface area contributed by atoms with Crippen molar-refractivity contribution in [3.05, 3.63) is 36.4 Å².